The van der Waals surface area contributed by atoms with E-state index in [9.17, 15) is 4.79 Å². The summed E-state index contributed by atoms with van der Waals surface area (Å²) in [5.41, 5.74) is 0.792. The smallest absolute Gasteiger partial charge is 0.377 e. The normalized spacial score (nSPS) is 11.5. The van der Waals surface area contributed by atoms with Crippen LogP contribution < -0.4 is 0 Å². The van der Waals surface area contributed by atoms with Crippen LogP contribution in [0.3, 0.4) is 0 Å². The first-order valence-electron chi connectivity index (χ1n) is 6.46. The Morgan fingerprint density at radius 3 is 2.00 bits per heavy atom. The zero-order valence-corrected chi connectivity index (χ0v) is 11.6. The minimum Gasteiger partial charge on any atom is -0.489 e. The van der Waals surface area contributed by atoms with Crippen LogP contribution >= 0.6 is 0 Å². The van der Waals surface area contributed by atoms with Crippen molar-refractivity contribution in [3.63, 3.8) is 0 Å². The molecule has 0 spiro atoms. The van der Waals surface area contributed by atoms with Gasteiger partial charge < -0.3 is 14.2 Å². The zero-order chi connectivity index (χ0) is 14.1. The van der Waals surface area contributed by atoms with Gasteiger partial charge in [-0.25, -0.2) is 4.79 Å². The maximum absolute atomic E-state index is 11.9. The summed E-state index contributed by atoms with van der Waals surface area (Å²) >= 11 is 0. The van der Waals surface area contributed by atoms with Crippen LogP contribution in [0.25, 0.3) is 5.76 Å². The van der Waals surface area contributed by atoms with Crippen LogP contribution in [0.15, 0.2) is 36.1 Å². The van der Waals surface area contributed by atoms with E-state index in [2.05, 4.69) is 0 Å². The van der Waals surface area contributed by atoms with Crippen LogP contribution in [0.5, 0.6) is 0 Å². The lowest BCUT2D eigenvalue weighted by Gasteiger charge is -2.15. The van der Waals surface area contributed by atoms with Crippen molar-refractivity contribution in [2.75, 3.05) is 19.8 Å². The molecular weight excluding hydrogens is 244 g/mol. The molecule has 0 aliphatic heterocycles. The monoisotopic (exact) mass is 264 g/mol. The molecule has 4 heteroatoms. The summed E-state index contributed by atoms with van der Waals surface area (Å²) in [7, 11) is 0. The van der Waals surface area contributed by atoms with E-state index in [0.29, 0.717) is 25.6 Å². The van der Waals surface area contributed by atoms with Gasteiger partial charge in [0, 0.05) is 5.56 Å². The quantitative estimate of drug-likeness (QED) is 0.431. The van der Waals surface area contributed by atoms with Crippen molar-refractivity contribution in [1.29, 1.82) is 0 Å². The SMILES string of the molecule is CCOC(=O)C(OCC)=C(OCC)c1ccccc1. The van der Waals surface area contributed by atoms with Gasteiger partial charge in [0.05, 0.1) is 19.8 Å². The van der Waals surface area contributed by atoms with Gasteiger partial charge in [-0.15, -0.1) is 0 Å². The molecule has 1 aromatic carbocycles. The molecule has 0 bridgehead atoms. The van der Waals surface area contributed by atoms with Crippen LogP contribution in [-0.2, 0) is 19.0 Å². The Kier molecular flexibility index (Phi) is 6.50. The maximum atomic E-state index is 11.9. The minimum atomic E-state index is -0.503. The summed E-state index contributed by atoms with van der Waals surface area (Å²) in [5, 5.41) is 0. The van der Waals surface area contributed by atoms with Crippen LogP contribution in [0.4, 0.5) is 0 Å². The molecule has 0 heterocycles. The van der Waals surface area contributed by atoms with E-state index in [1.165, 1.54) is 0 Å². The molecule has 104 valence electrons. The Morgan fingerprint density at radius 2 is 1.47 bits per heavy atom. The summed E-state index contributed by atoms with van der Waals surface area (Å²) in [5.74, 6) is 0.0393. The van der Waals surface area contributed by atoms with Gasteiger partial charge in [-0.2, -0.15) is 0 Å². The second-order valence-electron chi connectivity index (χ2n) is 3.61. The van der Waals surface area contributed by atoms with E-state index < -0.39 is 5.97 Å². The minimum absolute atomic E-state index is 0.123. The number of hydrogen-bond acceptors (Lipinski definition) is 4. The lowest BCUT2D eigenvalue weighted by molar-refractivity contribution is -0.142. The summed E-state index contributed by atoms with van der Waals surface area (Å²) < 4.78 is 16.0. The number of carbonyl (C=O) groups is 1. The van der Waals surface area contributed by atoms with Gasteiger partial charge in [-0.05, 0) is 20.8 Å². The Morgan fingerprint density at radius 1 is 0.895 bits per heavy atom. The van der Waals surface area contributed by atoms with Crippen LogP contribution in [-0.4, -0.2) is 25.8 Å². The van der Waals surface area contributed by atoms with Gasteiger partial charge >= 0.3 is 5.97 Å². The first-order chi connectivity index (χ1) is 9.24. The Labute approximate surface area is 114 Å². The number of ether oxygens (including phenoxy) is 3. The molecule has 0 aliphatic carbocycles. The predicted octanol–water partition coefficient (Wildman–Crippen LogP) is 2.99. The average molecular weight is 264 g/mol. The van der Waals surface area contributed by atoms with Crippen molar-refractivity contribution in [2.24, 2.45) is 0 Å². The highest BCUT2D eigenvalue weighted by Crippen LogP contribution is 2.22. The third kappa shape index (κ3) is 4.32. The lowest BCUT2D eigenvalue weighted by atomic mass is 10.1. The van der Waals surface area contributed by atoms with E-state index in [1.807, 2.05) is 44.2 Å². The Hall–Kier alpha value is -1.97. The largest absolute Gasteiger partial charge is 0.489 e. The number of esters is 1. The molecule has 0 fully saturated rings. The highest BCUT2D eigenvalue weighted by molar-refractivity contribution is 5.94. The number of benzene rings is 1. The first-order valence-corrected chi connectivity index (χ1v) is 6.46. The van der Waals surface area contributed by atoms with Crippen molar-refractivity contribution < 1.29 is 19.0 Å². The van der Waals surface area contributed by atoms with Crippen LogP contribution in [0.1, 0.15) is 26.3 Å². The molecule has 0 N–H and O–H groups in total. The molecule has 0 atom stereocenters. The molecular formula is C15H20O4. The fraction of sp³-hybridized carbons (Fsp3) is 0.400. The third-order valence-corrected chi connectivity index (χ3v) is 2.28. The van der Waals surface area contributed by atoms with E-state index in [1.54, 1.807) is 6.92 Å². The topological polar surface area (TPSA) is 44.8 Å². The van der Waals surface area contributed by atoms with E-state index in [0.717, 1.165) is 5.56 Å². The molecule has 1 rings (SSSR count). The zero-order valence-electron chi connectivity index (χ0n) is 11.6. The fourth-order valence-electron chi connectivity index (χ4n) is 1.57. The molecule has 1 aromatic rings. The van der Waals surface area contributed by atoms with Crippen LogP contribution in [0.2, 0.25) is 0 Å². The molecule has 0 radical (unpaired) electrons. The third-order valence-electron chi connectivity index (χ3n) is 2.28. The first kappa shape index (κ1) is 15.1. The van der Waals surface area contributed by atoms with Crippen molar-refractivity contribution in [3.8, 4) is 0 Å². The lowest BCUT2D eigenvalue weighted by Crippen LogP contribution is -2.14. The molecule has 0 saturated heterocycles. The van der Waals surface area contributed by atoms with Crippen molar-refractivity contribution in [1.82, 2.24) is 0 Å². The molecule has 0 aliphatic rings. The van der Waals surface area contributed by atoms with Gasteiger partial charge in [0.1, 0.15) is 0 Å². The van der Waals surface area contributed by atoms with Gasteiger partial charge in [0.25, 0.3) is 0 Å². The predicted molar refractivity (Wildman–Crippen MR) is 73.2 cm³/mol. The Bertz CT molecular complexity index is 423. The fourth-order valence-corrected chi connectivity index (χ4v) is 1.57. The average Bonchev–Trinajstić information content (AvgIpc) is 2.44. The van der Waals surface area contributed by atoms with E-state index in [-0.39, 0.29) is 5.76 Å². The second kappa shape index (κ2) is 8.19. The molecule has 0 unspecified atom stereocenters. The molecule has 0 amide bonds. The summed E-state index contributed by atoms with van der Waals surface area (Å²) in [6, 6.07) is 9.39. The molecule has 0 aromatic heterocycles. The summed E-state index contributed by atoms with van der Waals surface area (Å²) in [6.07, 6.45) is 0. The number of carbonyl (C=O) groups excluding carboxylic acids is 1. The molecule has 19 heavy (non-hydrogen) atoms. The summed E-state index contributed by atoms with van der Waals surface area (Å²) in [6.45, 7) is 6.54. The van der Waals surface area contributed by atoms with Gasteiger partial charge in [-0.3, -0.25) is 0 Å². The van der Waals surface area contributed by atoms with Crippen LogP contribution in [0, 0.1) is 0 Å². The van der Waals surface area contributed by atoms with Crippen molar-refractivity contribution in [3.05, 3.63) is 41.7 Å². The highest BCUT2D eigenvalue weighted by Gasteiger charge is 2.21. The Balaban J connectivity index is 3.20. The van der Waals surface area contributed by atoms with Crippen molar-refractivity contribution in [2.45, 2.75) is 20.8 Å². The van der Waals surface area contributed by atoms with Gasteiger partial charge in [0.15, 0.2) is 5.76 Å². The van der Waals surface area contributed by atoms with Gasteiger partial charge in [0.2, 0.25) is 5.76 Å². The van der Waals surface area contributed by atoms with E-state index >= 15 is 0 Å². The van der Waals surface area contributed by atoms with E-state index in [4.69, 9.17) is 14.2 Å². The second-order valence-corrected chi connectivity index (χ2v) is 3.61. The highest BCUT2D eigenvalue weighted by atomic mass is 16.6. The maximum Gasteiger partial charge on any atom is 0.377 e. The van der Waals surface area contributed by atoms with Crippen molar-refractivity contribution >= 4 is 11.7 Å². The standard InChI is InChI=1S/C15H20O4/c1-4-17-13(12-10-8-7-9-11-12)14(18-5-2)15(16)19-6-3/h7-11H,4-6H2,1-3H3. The summed E-state index contributed by atoms with van der Waals surface area (Å²) in [4.78, 5) is 11.9. The molecule has 0 saturated carbocycles. The molecule has 4 nitrogen and oxygen atoms in total. The number of rotatable bonds is 7. The number of hydrogen-bond donors (Lipinski definition) is 0. The van der Waals surface area contributed by atoms with Gasteiger partial charge in [-0.1, -0.05) is 30.3 Å².